The molecule has 1 amide bonds. The van der Waals surface area contributed by atoms with Crippen molar-refractivity contribution in [3.8, 4) is 0 Å². The van der Waals surface area contributed by atoms with Crippen molar-refractivity contribution in [3.05, 3.63) is 22.2 Å². The second-order valence-corrected chi connectivity index (χ2v) is 6.44. The summed E-state index contributed by atoms with van der Waals surface area (Å²) in [6.45, 7) is 10.5. The molecule has 0 spiro atoms. The van der Waals surface area contributed by atoms with Crippen LogP contribution in [0.25, 0.3) is 0 Å². The SMILES string of the molecule is CCNc1nc(C)c(C(=O)N[C@@H](c2n[nH]c(C)n2)C(C)C)s1. The third-order valence-corrected chi connectivity index (χ3v) is 4.29. The summed E-state index contributed by atoms with van der Waals surface area (Å²) in [5.41, 5.74) is 0.729. The molecule has 0 aromatic carbocycles. The van der Waals surface area contributed by atoms with E-state index in [1.165, 1.54) is 11.3 Å². The van der Waals surface area contributed by atoms with E-state index in [1.54, 1.807) is 0 Å². The van der Waals surface area contributed by atoms with Crippen LogP contribution in [0, 0.1) is 19.8 Å². The molecule has 120 valence electrons. The molecule has 3 N–H and O–H groups in total. The first-order chi connectivity index (χ1) is 10.4. The fourth-order valence-corrected chi connectivity index (χ4v) is 3.01. The van der Waals surface area contributed by atoms with E-state index in [-0.39, 0.29) is 17.9 Å². The Morgan fingerprint density at radius 2 is 2.05 bits per heavy atom. The largest absolute Gasteiger partial charge is 0.362 e. The van der Waals surface area contributed by atoms with Crippen LogP contribution >= 0.6 is 11.3 Å². The third kappa shape index (κ3) is 3.62. The lowest BCUT2D eigenvalue weighted by atomic mass is 10.0. The summed E-state index contributed by atoms with van der Waals surface area (Å²) in [4.78, 5) is 21.9. The molecular weight excluding hydrogens is 300 g/mol. The van der Waals surface area contributed by atoms with Gasteiger partial charge in [0, 0.05) is 6.54 Å². The van der Waals surface area contributed by atoms with Crippen molar-refractivity contribution in [2.75, 3.05) is 11.9 Å². The van der Waals surface area contributed by atoms with Crippen molar-refractivity contribution in [1.29, 1.82) is 0 Å². The van der Waals surface area contributed by atoms with Gasteiger partial charge >= 0.3 is 0 Å². The fraction of sp³-hybridized carbons (Fsp3) is 0.571. The number of nitrogens with one attached hydrogen (secondary N) is 3. The number of carbonyl (C=O) groups is 1. The third-order valence-electron chi connectivity index (χ3n) is 3.18. The number of aromatic amines is 1. The summed E-state index contributed by atoms with van der Waals surface area (Å²) < 4.78 is 0. The zero-order valence-electron chi connectivity index (χ0n) is 13.5. The van der Waals surface area contributed by atoms with Crippen LogP contribution in [0.4, 0.5) is 5.13 Å². The Balaban J connectivity index is 2.18. The first kappa shape index (κ1) is 16.4. The number of anilines is 1. The minimum Gasteiger partial charge on any atom is -0.362 e. The number of H-pyrrole nitrogens is 1. The number of amides is 1. The quantitative estimate of drug-likeness (QED) is 0.759. The molecule has 0 aliphatic heterocycles. The van der Waals surface area contributed by atoms with Gasteiger partial charge in [0.25, 0.3) is 5.91 Å². The minimum atomic E-state index is -0.235. The van der Waals surface area contributed by atoms with Crippen LogP contribution in [-0.2, 0) is 0 Å². The van der Waals surface area contributed by atoms with Gasteiger partial charge in [-0.3, -0.25) is 9.89 Å². The van der Waals surface area contributed by atoms with Crippen LogP contribution in [-0.4, -0.2) is 32.6 Å². The number of nitrogens with zero attached hydrogens (tertiary/aromatic N) is 3. The van der Waals surface area contributed by atoms with Gasteiger partial charge in [0.05, 0.1) is 11.7 Å². The van der Waals surface area contributed by atoms with Crippen LogP contribution in [0.2, 0.25) is 0 Å². The second kappa shape index (κ2) is 6.87. The maximum atomic E-state index is 12.5. The molecule has 22 heavy (non-hydrogen) atoms. The van der Waals surface area contributed by atoms with E-state index >= 15 is 0 Å². The van der Waals surface area contributed by atoms with E-state index in [4.69, 9.17) is 0 Å². The number of carbonyl (C=O) groups excluding carboxylic acids is 1. The van der Waals surface area contributed by atoms with Gasteiger partial charge < -0.3 is 10.6 Å². The lowest BCUT2D eigenvalue weighted by Gasteiger charge is -2.19. The second-order valence-electron chi connectivity index (χ2n) is 5.44. The van der Waals surface area contributed by atoms with Crippen molar-refractivity contribution in [2.24, 2.45) is 5.92 Å². The number of hydrogen-bond acceptors (Lipinski definition) is 6. The first-order valence-electron chi connectivity index (χ1n) is 7.33. The van der Waals surface area contributed by atoms with E-state index in [2.05, 4.69) is 30.8 Å². The lowest BCUT2D eigenvalue weighted by Crippen LogP contribution is -2.32. The Kier molecular flexibility index (Phi) is 5.12. The van der Waals surface area contributed by atoms with Gasteiger partial charge in [0.2, 0.25) is 0 Å². The summed E-state index contributed by atoms with van der Waals surface area (Å²) in [5, 5.41) is 13.9. The summed E-state index contributed by atoms with van der Waals surface area (Å²) in [6.07, 6.45) is 0. The van der Waals surface area contributed by atoms with Gasteiger partial charge in [0.15, 0.2) is 11.0 Å². The molecule has 2 aromatic heterocycles. The molecule has 0 unspecified atom stereocenters. The molecule has 7 nitrogen and oxygen atoms in total. The van der Waals surface area contributed by atoms with Gasteiger partial charge in [-0.15, -0.1) is 0 Å². The number of rotatable bonds is 6. The summed E-state index contributed by atoms with van der Waals surface area (Å²) in [7, 11) is 0. The van der Waals surface area contributed by atoms with Crippen molar-refractivity contribution < 1.29 is 4.79 Å². The van der Waals surface area contributed by atoms with Crippen LogP contribution in [0.3, 0.4) is 0 Å². The van der Waals surface area contributed by atoms with Gasteiger partial charge in [0.1, 0.15) is 10.7 Å². The summed E-state index contributed by atoms with van der Waals surface area (Å²) >= 11 is 1.36. The highest BCUT2D eigenvalue weighted by atomic mass is 32.1. The zero-order valence-corrected chi connectivity index (χ0v) is 14.3. The van der Waals surface area contributed by atoms with E-state index in [0.717, 1.165) is 23.2 Å². The smallest absolute Gasteiger partial charge is 0.263 e. The first-order valence-corrected chi connectivity index (χ1v) is 8.15. The van der Waals surface area contributed by atoms with Gasteiger partial charge in [-0.25, -0.2) is 9.97 Å². The fourth-order valence-electron chi connectivity index (χ4n) is 2.07. The zero-order chi connectivity index (χ0) is 16.3. The highest BCUT2D eigenvalue weighted by molar-refractivity contribution is 7.17. The number of thiazole rings is 1. The molecule has 0 radical (unpaired) electrons. The molecule has 2 heterocycles. The Hall–Kier alpha value is -1.96. The van der Waals surface area contributed by atoms with Gasteiger partial charge in [-0.1, -0.05) is 25.2 Å². The number of aryl methyl sites for hydroxylation is 2. The van der Waals surface area contributed by atoms with Gasteiger partial charge in [-0.2, -0.15) is 5.10 Å². The number of aromatic nitrogens is 4. The molecule has 0 bridgehead atoms. The molecule has 2 rings (SSSR count). The van der Waals surface area contributed by atoms with E-state index < -0.39 is 0 Å². The molecular formula is C14H22N6OS. The Bertz CT molecular complexity index is 648. The van der Waals surface area contributed by atoms with Crippen LogP contribution in [0.15, 0.2) is 0 Å². The predicted molar refractivity (Wildman–Crippen MR) is 87.2 cm³/mol. The summed E-state index contributed by atoms with van der Waals surface area (Å²) in [6, 6.07) is -0.235. The number of hydrogen-bond donors (Lipinski definition) is 3. The van der Waals surface area contributed by atoms with E-state index in [9.17, 15) is 4.79 Å². The predicted octanol–water partition coefficient (Wildman–Crippen LogP) is 2.44. The van der Waals surface area contributed by atoms with Crippen molar-refractivity contribution in [2.45, 2.75) is 40.7 Å². The highest BCUT2D eigenvalue weighted by Gasteiger charge is 2.25. The molecule has 8 heteroatoms. The van der Waals surface area contributed by atoms with E-state index in [0.29, 0.717) is 10.7 Å². The minimum absolute atomic E-state index is 0.139. The molecule has 0 saturated carbocycles. The Morgan fingerprint density at radius 3 is 2.59 bits per heavy atom. The molecule has 0 aliphatic carbocycles. The molecule has 0 aliphatic rings. The Morgan fingerprint density at radius 1 is 1.32 bits per heavy atom. The average molecular weight is 322 g/mol. The van der Waals surface area contributed by atoms with Crippen molar-refractivity contribution >= 4 is 22.4 Å². The van der Waals surface area contributed by atoms with Crippen molar-refractivity contribution in [1.82, 2.24) is 25.5 Å². The average Bonchev–Trinajstić information content (AvgIpc) is 3.02. The normalized spacial score (nSPS) is 12.5. The van der Waals surface area contributed by atoms with Crippen LogP contribution in [0.5, 0.6) is 0 Å². The lowest BCUT2D eigenvalue weighted by molar-refractivity contribution is 0.0926. The van der Waals surface area contributed by atoms with Gasteiger partial charge in [-0.05, 0) is 26.7 Å². The van der Waals surface area contributed by atoms with Crippen LogP contribution < -0.4 is 10.6 Å². The van der Waals surface area contributed by atoms with Crippen molar-refractivity contribution in [3.63, 3.8) is 0 Å². The Labute approximate surface area is 134 Å². The monoisotopic (exact) mass is 322 g/mol. The standard InChI is InChI=1S/C14H22N6OS/c1-6-15-14-16-8(4)11(22-14)13(21)18-10(7(2)3)12-17-9(5)19-20-12/h7,10H,6H2,1-5H3,(H,15,16)(H,18,21)(H,17,19,20)/t10-/m1/s1. The highest BCUT2D eigenvalue weighted by Crippen LogP contribution is 2.24. The maximum Gasteiger partial charge on any atom is 0.263 e. The molecule has 1 atom stereocenters. The van der Waals surface area contributed by atoms with E-state index in [1.807, 2.05) is 34.6 Å². The topological polar surface area (TPSA) is 95.6 Å². The van der Waals surface area contributed by atoms with Crippen LogP contribution in [0.1, 0.15) is 53.8 Å². The molecule has 0 fully saturated rings. The molecule has 0 saturated heterocycles. The summed E-state index contributed by atoms with van der Waals surface area (Å²) in [5.74, 6) is 1.38. The molecule has 2 aromatic rings. The maximum absolute atomic E-state index is 12.5.